The SMILES string of the molecule is CC(C)CCOC(=O)Oc1ccc(C[C@H](N)C(=O)OC[C@H](C)OC(=O)C(C)C(C)C)cc1OC(=O)OCCC(C)C. The van der Waals surface area contributed by atoms with E-state index in [0.717, 1.165) is 0 Å². The molecule has 0 heterocycles. The van der Waals surface area contributed by atoms with Gasteiger partial charge < -0.3 is 34.2 Å². The third kappa shape index (κ3) is 14.7. The highest BCUT2D eigenvalue weighted by atomic mass is 16.7. The lowest BCUT2D eigenvalue weighted by Crippen LogP contribution is -2.36. The fourth-order valence-electron chi connectivity index (χ4n) is 3.09. The largest absolute Gasteiger partial charge is 0.513 e. The van der Waals surface area contributed by atoms with E-state index in [1.165, 1.54) is 12.1 Å². The van der Waals surface area contributed by atoms with Crippen LogP contribution in [0.2, 0.25) is 0 Å². The molecule has 0 saturated carbocycles. The van der Waals surface area contributed by atoms with Crippen molar-refractivity contribution in [1.82, 2.24) is 0 Å². The van der Waals surface area contributed by atoms with Crippen LogP contribution in [0.3, 0.4) is 0 Å². The van der Waals surface area contributed by atoms with Crippen molar-refractivity contribution < 1.29 is 47.6 Å². The van der Waals surface area contributed by atoms with E-state index in [-0.39, 0.29) is 55.5 Å². The zero-order valence-corrected chi connectivity index (χ0v) is 25.6. The van der Waals surface area contributed by atoms with E-state index >= 15 is 0 Å². The first-order valence-corrected chi connectivity index (χ1v) is 14.1. The van der Waals surface area contributed by atoms with E-state index in [4.69, 9.17) is 34.2 Å². The highest BCUT2D eigenvalue weighted by Crippen LogP contribution is 2.30. The highest BCUT2D eigenvalue weighted by molar-refractivity contribution is 5.76. The second kappa shape index (κ2) is 18.2. The summed E-state index contributed by atoms with van der Waals surface area (Å²) in [5.41, 5.74) is 6.55. The number of hydrogen-bond acceptors (Lipinski definition) is 11. The predicted molar refractivity (Wildman–Crippen MR) is 151 cm³/mol. The van der Waals surface area contributed by atoms with Crippen molar-refractivity contribution in [3.05, 3.63) is 23.8 Å². The molecule has 0 aromatic heterocycles. The zero-order valence-electron chi connectivity index (χ0n) is 25.6. The van der Waals surface area contributed by atoms with Crippen molar-refractivity contribution in [2.45, 2.75) is 86.8 Å². The van der Waals surface area contributed by atoms with Crippen LogP contribution in [0.4, 0.5) is 9.59 Å². The van der Waals surface area contributed by atoms with E-state index in [0.29, 0.717) is 30.2 Å². The zero-order chi connectivity index (χ0) is 31.1. The lowest BCUT2D eigenvalue weighted by molar-refractivity contribution is -0.162. The van der Waals surface area contributed by atoms with Gasteiger partial charge in [0.1, 0.15) is 18.8 Å². The lowest BCUT2D eigenvalue weighted by atomic mass is 9.98. The summed E-state index contributed by atoms with van der Waals surface area (Å²) < 4.78 is 31.3. The van der Waals surface area contributed by atoms with Gasteiger partial charge in [-0.15, -0.1) is 0 Å². The summed E-state index contributed by atoms with van der Waals surface area (Å²) in [4.78, 5) is 49.1. The monoisotopic (exact) mass is 581 g/mol. The van der Waals surface area contributed by atoms with Gasteiger partial charge in [-0.25, -0.2) is 9.59 Å². The van der Waals surface area contributed by atoms with Gasteiger partial charge in [0, 0.05) is 0 Å². The van der Waals surface area contributed by atoms with Crippen LogP contribution in [0.5, 0.6) is 11.5 Å². The third-order valence-corrected chi connectivity index (χ3v) is 6.13. The van der Waals surface area contributed by atoms with Gasteiger partial charge in [-0.2, -0.15) is 0 Å². The molecule has 0 amide bonds. The maximum absolute atomic E-state index is 12.5. The van der Waals surface area contributed by atoms with Crippen molar-refractivity contribution in [2.24, 2.45) is 29.4 Å². The van der Waals surface area contributed by atoms with Crippen molar-refractivity contribution in [3.63, 3.8) is 0 Å². The average molecular weight is 582 g/mol. The van der Waals surface area contributed by atoms with Crippen LogP contribution in [0.1, 0.15) is 73.8 Å². The summed E-state index contributed by atoms with van der Waals surface area (Å²) in [6.07, 6.45) is -1.24. The normalized spacial score (nSPS) is 13.4. The van der Waals surface area contributed by atoms with Crippen molar-refractivity contribution >= 4 is 24.2 Å². The van der Waals surface area contributed by atoms with E-state index < -0.39 is 30.4 Å². The molecule has 0 spiro atoms. The number of nitrogens with two attached hydrogens (primary N) is 1. The Labute approximate surface area is 243 Å². The van der Waals surface area contributed by atoms with Crippen LogP contribution in [-0.2, 0) is 35.0 Å². The Morgan fingerprint density at radius 3 is 1.78 bits per heavy atom. The van der Waals surface area contributed by atoms with Gasteiger partial charge in [0.15, 0.2) is 11.5 Å². The molecule has 232 valence electrons. The summed E-state index contributed by atoms with van der Waals surface area (Å²) in [6, 6.07) is 3.33. The molecule has 0 aliphatic carbocycles. The molecule has 0 radical (unpaired) electrons. The Bertz CT molecular complexity index is 991. The van der Waals surface area contributed by atoms with Gasteiger partial charge >= 0.3 is 24.2 Å². The Hall–Kier alpha value is -3.34. The first-order valence-electron chi connectivity index (χ1n) is 14.1. The topological polar surface area (TPSA) is 150 Å². The molecule has 41 heavy (non-hydrogen) atoms. The Kier molecular flexibility index (Phi) is 15.8. The molecule has 11 nitrogen and oxygen atoms in total. The van der Waals surface area contributed by atoms with Crippen LogP contribution >= 0.6 is 0 Å². The van der Waals surface area contributed by atoms with Gasteiger partial charge in [-0.05, 0) is 61.6 Å². The summed E-state index contributed by atoms with van der Waals surface area (Å²) in [5.74, 6) is -0.731. The minimum atomic E-state index is -1.06. The van der Waals surface area contributed by atoms with Crippen molar-refractivity contribution in [1.29, 1.82) is 0 Å². The van der Waals surface area contributed by atoms with Gasteiger partial charge in [0.2, 0.25) is 0 Å². The maximum atomic E-state index is 12.5. The van der Waals surface area contributed by atoms with E-state index in [1.54, 1.807) is 19.9 Å². The van der Waals surface area contributed by atoms with Gasteiger partial charge in [-0.3, -0.25) is 9.59 Å². The van der Waals surface area contributed by atoms with Crippen LogP contribution in [-0.4, -0.2) is 56.2 Å². The summed E-state index contributed by atoms with van der Waals surface area (Å²) >= 11 is 0. The summed E-state index contributed by atoms with van der Waals surface area (Å²) in [5, 5.41) is 0. The lowest BCUT2D eigenvalue weighted by Gasteiger charge is -2.19. The molecule has 11 heteroatoms. The Morgan fingerprint density at radius 2 is 1.27 bits per heavy atom. The van der Waals surface area contributed by atoms with Crippen LogP contribution < -0.4 is 15.2 Å². The Morgan fingerprint density at radius 1 is 0.732 bits per heavy atom. The first kappa shape index (κ1) is 35.7. The summed E-state index contributed by atoms with van der Waals surface area (Å²) in [7, 11) is 0. The molecule has 0 aliphatic heterocycles. The standard InChI is InChI=1S/C30H47NO10/c1-18(2)11-13-36-29(34)40-25-10-9-23(16-26(25)41-30(35)37-14-12-19(3)4)15-24(31)28(33)38-17-21(7)39-27(32)22(8)20(5)6/h9-10,16,18-22,24H,11-15,17,31H2,1-8H3/t21-,22?,24-/m0/s1. The maximum Gasteiger partial charge on any atom is 0.513 e. The highest BCUT2D eigenvalue weighted by Gasteiger charge is 2.23. The fourth-order valence-corrected chi connectivity index (χ4v) is 3.09. The second-order valence-corrected chi connectivity index (χ2v) is 11.3. The van der Waals surface area contributed by atoms with Crippen molar-refractivity contribution in [3.8, 4) is 11.5 Å². The minimum absolute atomic E-state index is 0.0231. The molecule has 1 rings (SSSR count). The van der Waals surface area contributed by atoms with Gasteiger partial charge in [-0.1, -0.05) is 54.5 Å². The van der Waals surface area contributed by atoms with E-state index in [2.05, 4.69) is 0 Å². The molecule has 0 aliphatic rings. The number of esters is 2. The molecule has 0 saturated heterocycles. The Balaban J connectivity index is 2.86. The van der Waals surface area contributed by atoms with Crippen LogP contribution in [0.25, 0.3) is 0 Å². The smallest absolute Gasteiger partial charge is 0.461 e. The third-order valence-electron chi connectivity index (χ3n) is 6.13. The van der Waals surface area contributed by atoms with E-state index in [1.807, 2.05) is 41.5 Å². The number of benzene rings is 1. The molecule has 0 bridgehead atoms. The number of carbonyl (C=O) groups is 4. The van der Waals surface area contributed by atoms with Crippen LogP contribution in [0.15, 0.2) is 18.2 Å². The predicted octanol–water partition coefficient (Wildman–Crippen LogP) is 5.45. The second-order valence-electron chi connectivity index (χ2n) is 11.3. The molecule has 1 aromatic carbocycles. The molecule has 3 atom stereocenters. The van der Waals surface area contributed by atoms with Gasteiger partial charge in [0.05, 0.1) is 19.1 Å². The minimum Gasteiger partial charge on any atom is -0.461 e. The summed E-state index contributed by atoms with van der Waals surface area (Å²) in [6.45, 7) is 15.4. The number of carbonyl (C=O) groups excluding carboxylic acids is 4. The molecule has 1 unspecified atom stereocenters. The number of rotatable bonds is 16. The molecular formula is C30H47NO10. The number of hydrogen-bond donors (Lipinski definition) is 1. The fraction of sp³-hybridized carbons (Fsp3) is 0.667. The van der Waals surface area contributed by atoms with E-state index in [9.17, 15) is 19.2 Å². The molecular weight excluding hydrogens is 534 g/mol. The molecule has 2 N–H and O–H groups in total. The van der Waals surface area contributed by atoms with Crippen LogP contribution in [0, 0.1) is 23.7 Å². The molecule has 0 fully saturated rings. The quantitative estimate of drug-likeness (QED) is 0.151. The first-order chi connectivity index (χ1) is 19.2. The average Bonchev–Trinajstić information content (AvgIpc) is 2.87. The van der Waals surface area contributed by atoms with Gasteiger partial charge in [0.25, 0.3) is 0 Å². The number of ether oxygens (including phenoxy) is 6. The van der Waals surface area contributed by atoms with Crippen molar-refractivity contribution in [2.75, 3.05) is 19.8 Å². The molecule has 1 aromatic rings.